The largest absolute Gasteiger partial charge is 0.504 e. The van der Waals surface area contributed by atoms with Crippen molar-refractivity contribution in [2.24, 2.45) is 11.8 Å². The Hall–Kier alpha value is -2.49. The second-order valence-corrected chi connectivity index (χ2v) is 7.57. The molecular weight excluding hydrogens is 316 g/mol. The van der Waals surface area contributed by atoms with Gasteiger partial charge in [-0.3, -0.25) is 4.79 Å². The molecule has 0 bridgehead atoms. The maximum atomic E-state index is 11.9. The van der Waals surface area contributed by atoms with Crippen molar-refractivity contribution >= 4 is 11.0 Å². The van der Waals surface area contributed by atoms with Crippen LogP contribution in [0.25, 0.3) is 22.3 Å². The highest BCUT2D eigenvalue weighted by Crippen LogP contribution is 2.48. The van der Waals surface area contributed by atoms with Crippen molar-refractivity contribution in [2.45, 2.75) is 39.0 Å². The Labute approximate surface area is 146 Å². The number of fused-ring (bicyclic) bond motifs is 2. The third-order valence-corrected chi connectivity index (χ3v) is 5.46. The highest BCUT2D eigenvalue weighted by Gasteiger charge is 2.31. The van der Waals surface area contributed by atoms with E-state index in [1.807, 2.05) is 6.07 Å². The molecule has 0 amide bonds. The molecule has 130 valence electrons. The fourth-order valence-electron chi connectivity index (χ4n) is 4.58. The minimum absolute atomic E-state index is 0.0215. The van der Waals surface area contributed by atoms with Gasteiger partial charge < -0.3 is 14.6 Å². The zero-order chi connectivity index (χ0) is 17.7. The van der Waals surface area contributed by atoms with Crippen LogP contribution in [0.4, 0.5) is 0 Å². The van der Waals surface area contributed by atoms with Crippen molar-refractivity contribution in [1.82, 2.24) is 0 Å². The lowest BCUT2D eigenvalue weighted by molar-refractivity contribution is 0.269. The summed E-state index contributed by atoms with van der Waals surface area (Å²) in [7, 11) is 0. The van der Waals surface area contributed by atoms with E-state index in [1.54, 1.807) is 18.2 Å². The van der Waals surface area contributed by atoms with Crippen molar-refractivity contribution in [3.63, 3.8) is 0 Å². The maximum absolute atomic E-state index is 11.9. The molecule has 0 spiro atoms. The Kier molecular flexibility index (Phi) is 3.71. The minimum Gasteiger partial charge on any atom is -0.504 e. The van der Waals surface area contributed by atoms with E-state index in [-0.39, 0.29) is 17.3 Å². The molecule has 1 aliphatic heterocycles. The van der Waals surface area contributed by atoms with Gasteiger partial charge in [-0.25, -0.2) is 0 Å². The zero-order valence-electron chi connectivity index (χ0n) is 14.5. The number of para-hydroxylation sites is 1. The van der Waals surface area contributed by atoms with E-state index in [0.717, 1.165) is 29.4 Å². The predicted octanol–water partition coefficient (Wildman–Crippen LogP) is 4.85. The van der Waals surface area contributed by atoms with Crippen LogP contribution >= 0.6 is 0 Å². The topological polar surface area (TPSA) is 70.7 Å². The molecule has 4 nitrogen and oxygen atoms in total. The summed E-state index contributed by atoms with van der Waals surface area (Å²) in [6.45, 7) is 4.54. The number of phenols is 2. The molecule has 0 saturated heterocycles. The molecule has 2 unspecified atom stereocenters. The lowest BCUT2D eigenvalue weighted by Crippen LogP contribution is -2.19. The first-order valence-electron chi connectivity index (χ1n) is 8.86. The van der Waals surface area contributed by atoms with Gasteiger partial charge in [-0.1, -0.05) is 26.0 Å². The van der Waals surface area contributed by atoms with E-state index in [2.05, 4.69) is 13.8 Å². The summed E-state index contributed by atoms with van der Waals surface area (Å²) in [5, 5.41) is 21.4. The molecule has 3 aliphatic rings. The number of rotatable bonds is 1. The van der Waals surface area contributed by atoms with Crippen LogP contribution in [0.3, 0.4) is 0 Å². The molecule has 4 heteroatoms. The second-order valence-electron chi connectivity index (χ2n) is 7.57. The number of aromatic hydroxyl groups is 2. The van der Waals surface area contributed by atoms with E-state index in [4.69, 9.17) is 4.42 Å². The van der Waals surface area contributed by atoms with E-state index < -0.39 is 5.43 Å². The minimum atomic E-state index is -0.470. The van der Waals surface area contributed by atoms with Crippen LogP contribution in [0, 0.1) is 11.8 Å². The molecule has 1 aromatic carbocycles. The summed E-state index contributed by atoms with van der Waals surface area (Å²) in [5.41, 5.74) is 1.70. The van der Waals surface area contributed by atoms with Crippen LogP contribution in [0.2, 0.25) is 0 Å². The molecule has 1 fully saturated rings. The van der Waals surface area contributed by atoms with Crippen LogP contribution in [0.15, 0.2) is 39.5 Å². The van der Waals surface area contributed by atoms with Crippen LogP contribution in [-0.4, -0.2) is 10.2 Å². The van der Waals surface area contributed by atoms with Crippen molar-refractivity contribution in [3.8, 4) is 22.8 Å². The molecule has 2 N–H and O–H groups in total. The molecule has 1 aromatic rings. The highest BCUT2D eigenvalue weighted by molar-refractivity contribution is 5.92. The van der Waals surface area contributed by atoms with Gasteiger partial charge in [-0.05, 0) is 60.8 Å². The van der Waals surface area contributed by atoms with E-state index in [0.29, 0.717) is 23.3 Å². The van der Waals surface area contributed by atoms with Crippen molar-refractivity contribution in [1.29, 1.82) is 0 Å². The molecule has 4 rings (SSSR count). The van der Waals surface area contributed by atoms with E-state index >= 15 is 0 Å². The SMILES string of the molecule is CC1CC(C)CC(c2c3ccc(=O)c(O)c-3oc3c(O)cccc23)C1. The highest BCUT2D eigenvalue weighted by atomic mass is 16.4. The number of hydrogen-bond donors (Lipinski definition) is 2. The van der Waals surface area contributed by atoms with Gasteiger partial charge in [-0.15, -0.1) is 0 Å². The Balaban J connectivity index is 2.07. The van der Waals surface area contributed by atoms with Crippen molar-refractivity contribution in [2.75, 3.05) is 0 Å². The Morgan fingerprint density at radius 2 is 1.72 bits per heavy atom. The third-order valence-electron chi connectivity index (χ3n) is 5.46. The fraction of sp³-hybridized carbons (Fsp3) is 0.381. The fourth-order valence-corrected chi connectivity index (χ4v) is 4.58. The zero-order valence-corrected chi connectivity index (χ0v) is 14.5. The molecular formula is C21H22O4. The summed E-state index contributed by atoms with van der Waals surface area (Å²) >= 11 is 0. The Bertz CT molecular complexity index is 962. The third kappa shape index (κ3) is 2.56. The first kappa shape index (κ1) is 16.0. The maximum Gasteiger partial charge on any atom is 0.224 e. The molecule has 0 radical (unpaired) electrons. The van der Waals surface area contributed by atoms with Crippen molar-refractivity contribution in [3.05, 3.63) is 46.1 Å². The smallest absolute Gasteiger partial charge is 0.224 e. The predicted molar refractivity (Wildman–Crippen MR) is 97.4 cm³/mol. The molecule has 2 aliphatic carbocycles. The summed E-state index contributed by atoms with van der Waals surface area (Å²) in [4.78, 5) is 11.9. The average molecular weight is 338 g/mol. The van der Waals surface area contributed by atoms with Gasteiger partial charge in [0.1, 0.15) is 0 Å². The van der Waals surface area contributed by atoms with Gasteiger partial charge in [0.25, 0.3) is 0 Å². The lowest BCUT2D eigenvalue weighted by atomic mass is 9.72. The van der Waals surface area contributed by atoms with Gasteiger partial charge in [0.05, 0.1) is 0 Å². The van der Waals surface area contributed by atoms with Crippen LogP contribution in [0.1, 0.15) is 44.6 Å². The Morgan fingerprint density at radius 1 is 1.00 bits per heavy atom. The molecule has 0 aromatic heterocycles. The molecule has 1 heterocycles. The first-order valence-corrected chi connectivity index (χ1v) is 8.86. The first-order chi connectivity index (χ1) is 12.0. The van der Waals surface area contributed by atoms with E-state index in [1.165, 1.54) is 12.5 Å². The van der Waals surface area contributed by atoms with Crippen LogP contribution in [-0.2, 0) is 0 Å². The summed E-state index contributed by atoms with van der Waals surface area (Å²) < 4.78 is 5.77. The monoisotopic (exact) mass is 338 g/mol. The Morgan fingerprint density at radius 3 is 2.44 bits per heavy atom. The molecule has 2 atom stereocenters. The van der Waals surface area contributed by atoms with E-state index in [9.17, 15) is 15.0 Å². The summed E-state index contributed by atoms with van der Waals surface area (Å²) in [5.74, 6) is 1.33. The number of hydrogen-bond acceptors (Lipinski definition) is 4. The van der Waals surface area contributed by atoms with Gasteiger partial charge >= 0.3 is 0 Å². The summed E-state index contributed by atoms with van der Waals surface area (Å²) in [6, 6.07) is 8.44. The van der Waals surface area contributed by atoms with Crippen LogP contribution < -0.4 is 5.43 Å². The quantitative estimate of drug-likeness (QED) is 0.622. The number of benzene rings is 2. The average Bonchev–Trinajstić information content (AvgIpc) is 2.56. The second kappa shape index (κ2) is 5.80. The lowest BCUT2D eigenvalue weighted by Gasteiger charge is -2.33. The standard InChI is InChI=1S/C21H22O4/c1-11-8-12(2)10-13(9-11)18-14-4-3-5-17(23)20(14)25-21-15(18)6-7-16(22)19(21)24/h3-7,11-13,23-24H,8-10H2,1-2H3. The molecule has 1 saturated carbocycles. The summed E-state index contributed by atoms with van der Waals surface area (Å²) in [6.07, 6.45) is 3.31. The van der Waals surface area contributed by atoms with Gasteiger partial charge in [0.2, 0.25) is 11.2 Å². The normalized spacial score (nSPS) is 24.0. The van der Waals surface area contributed by atoms with Crippen molar-refractivity contribution < 1.29 is 14.6 Å². The molecule has 25 heavy (non-hydrogen) atoms. The van der Waals surface area contributed by atoms with Gasteiger partial charge in [0.15, 0.2) is 17.1 Å². The number of phenolic OH excluding ortho intramolecular Hbond substituents is 2. The van der Waals surface area contributed by atoms with Gasteiger partial charge in [-0.2, -0.15) is 0 Å². The van der Waals surface area contributed by atoms with Crippen LogP contribution in [0.5, 0.6) is 11.5 Å². The van der Waals surface area contributed by atoms with Gasteiger partial charge in [0, 0.05) is 10.9 Å².